The van der Waals surface area contributed by atoms with E-state index >= 15 is 0 Å². The number of morpholine rings is 1. The second-order valence-corrected chi connectivity index (χ2v) is 2.48. The lowest BCUT2D eigenvalue weighted by Gasteiger charge is -2.24. The minimum absolute atomic E-state index is 0.0529. The van der Waals surface area contributed by atoms with Gasteiger partial charge in [0.05, 0.1) is 39.3 Å². The SMILES string of the molecule is O=C(CCO)ON1CCOCC1. The van der Waals surface area contributed by atoms with Crippen molar-refractivity contribution in [2.24, 2.45) is 0 Å². The third-order valence-corrected chi connectivity index (χ3v) is 1.52. The molecule has 0 radical (unpaired) electrons. The van der Waals surface area contributed by atoms with Crippen molar-refractivity contribution in [1.82, 2.24) is 5.06 Å². The third-order valence-electron chi connectivity index (χ3n) is 1.52. The number of aliphatic hydroxyl groups is 1. The summed E-state index contributed by atoms with van der Waals surface area (Å²) in [5.74, 6) is -0.389. The highest BCUT2D eigenvalue weighted by Gasteiger charge is 2.14. The highest BCUT2D eigenvalue weighted by atomic mass is 16.7. The van der Waals surface area contributed by atoms with E-state index in [9.17, 15) is 4.79 Å². The van der Waals surface area contributed by atoms with E-state index in [1.54, 1.807) is 5.06 Å². The molecule has 0 bridgehead atoms. The van der Waals surface area contributed by atoms with E-state index < -0.39 is 0 Å². The van der Waals surface area contributed by atoms with E-state index in [4.69, 9.17) is 14.7 Å². The Hall–Kier alpha value is -0.650. The van der Waals surface area contributed by atoms with Gasteiger partial charge in [0.1, 0.15) is 0 Å². The Bertz CT molecular complexity index is 144. The molecule has 1 aliphatic heterocycles. The zero-order valence-electron chi connectivity index (χ0n) is 6.86. The maximum Gasteiger partial charge on any atom is 0.327 e. The average Bonchev–Trinajstić information content (AvgIpc) is 2.06. The number of rotatable bonds is 3. The zero-order chi connectivity index (χ0) is 8.81. The summed E-state index contributed by atoms with van der Waals surface area (Å²) in [4.78, 5) is 15.7. The van der Waals surface area contributed by atoms with Gasteiger partial charge < -0.3 is 14.7 Å². The van der Waals surface area contributed by atoms with Crippen molar-refractivity contribution >= 4 is 5.97 Å². The number of carbonyl (C=O) groups is 1. The minimum Gasteiger partial charge on any atom is -0.396 e. The van der Waals surface area contributed by atoms with E-state index in [0.29, 0.717) is 26.3 Å². The van der Waals surface area contributed by atoms with Gasteiger partial charge in [-0.25, -0.2) is 0 Å². The molecule has 0 aromatic rings. The lowest BCUT2D eigenvalue weighted by molar-refractivity contribution is -0.205. The van der Waals surface area contributed by atoms with E-state index in [1.807, 2.05) is 0 Å². The van der Waals surface area contributed by atoms with E-state index in [-0.39, 0.29) is 19.0 Å². The van der Waals surface area contributed by atoms with Gasteiger partial charge in [-0.3, -0.25) is 4.79 Å². The van der Waals surface area contributed by atoms with Crippen LogP contribution in [0.5, 0.6) is 0 Å². The molecule has 1 aliphatic rings. The Kier molecular flexibility index (Phi) is 3.99. The van der Waals surface area contributed by atoms with Gasteiger partial charge in [0.15, 0.2) is 0 Å². The largest absolute Gasteiger partial charge is 0.396 e. The van der Waals surface area contributed by atoms with Crippen LogP contribution in [0, 0.1) is 0 Å². The van der Waals surface area contributed by atoms with E-state index in [1.165, 1.54) is 0 Å². The van der Waals surface area contributed by atoms with Gasteiger partial charge in [0, 0.05) is 0 Å². The molecule has 0 amide bonds. The fourth-order valence-corrected chi connectivity index (χ4v) is 0.919. The Morgan fingerprint density at radius 2 is 2.17 bits per heavy atom. The van der Waals surface area contributed by atoms with Crippen molar-refractivity contribution in [3.63, 3.8) is 0 Å². The molecule has 5 nitrogen and oxygen atoms in total. The highest BCUT2D eigenvalue weighted by Crippen LogP contribution is 1.98. The number of hydroxylamine groups is 2. The van der Waals surface area contributed by atoms with Gasteiger partial charge in [-0.1, -0.05) is 0 Å². The molecule has 0 atom stereocenters. The lowest BCUT2D eigenvalue weighted by atomic mass is 10.5. The van der Waals surface area contributed by atoms with Gasteiger partial charge in [-0.15, -0.1) is 5.06 Å². The standard InChI is InChI=1S/C7H13NO4/c9-4-1-7(10)12-8-2-5-11-6-3-8/h9H,1-6H2. The van der Waals surface area contributed by atoms with Crippen LogP contribution >= 0.6 is 0 Å². The molecule has 0 unspecified atom stereocenters. The fourth-order valence-electron chi connectivity index (χ4n) is 0.919. The zero-order valence-corrected chi connectivity index (χ0v) is 6.86. The lowest BCUT2D eigenvalue weighted by Crippen LogP contribution is -2.38. The monoisotopic (exact) mass is 175 g/mol. The van der Waals surface area contributed by atoms with Crippen LogP contribution in [0.15, 0.2) is 0 Å². The molecule has 1 fully saturated rings. The summed E-state index contributed by atoms with van der Waals surface area (Å²) in [5.41, 5.74) is 0. The summed E-state index contributed by atoms with van der Waals surface area (Å²) in [6, 6.07) is 0. The van der Waals surface area contributed by atoms with Gasteiger partial charge in [-0.2, -0.15) is 0 Å². The normalized spacial score (nSPS) is 19.1. The quantitative estimate of drug-likeness (QED) is 0.606. The van der Waals surface area contributed by atoms with Crippen LogP contribution in [0.4, 0.5) is 0 Å². The predicted molar refractivity (Wildman–Crippen MR) is 40.2 cm³/mol. The molecule has 0 aromatic heterocycles. The van der Waals surface area contributed by atoms with Gasteiger partial charge in [-0.05, 0) is 0 Å². The highest BCUT2D eigenvalue weighted by molar-refractivity contribution is 5.69. The van der Waals surface area contributed by atoms with Crippen LogP contribution in [-0.4, -0.2) is 49.0 Å². The topological polar surface area (TPSA) is 59.0 Å². The number of ether oxygens (including phenoxy) is 1. The van der Waals surface area contributed by atoms with Gasteiger partial charge in [0.2, 0.25) is 0 Å². The van der Waals surface area contributed by atoms with Gasteiger partial charge >= 0.3 is 5.97 Å². The van der Waals surface area contributed by atoms with Crippen LogP contribution < -0.4 is 0 Å². The van der Waals surface area contributed by atoms with Crippen molar-refractivity contribution < 1.29 is 19.5 Å². The summed E-state index contributed by atoms with van der Waals surface area (Å²) in [7, 11) is 0. The first-order valence-corrected chi connectivity index (χ1v) is 3.97. The average molecular weight is 175 g/mol. The first-order valence-electron chi connectivity index (χ1n) is 3.97. The van der Waals surface area contributed by atoms with Crippen LogP contribution in [0.2, 0.25) is 0 Å². The molecule has 0 spiro atoms. The molecule has 70 valence electrons. The summed E-state index contributed by atoms with van der Waals surface area (Å²) in [6.45, 7) is 2.23. The molecule has 1 heterocycles. The van der Waals surface area contributed by atoms with Crippen molar-refractivity contribution in [2.45, 2.75) is 6.42 Å². The molecular formula is C7H13NO4. The molecule has 5 heteroatoms. The van der Waals surface area contributed by atoms with Gasteiger partial charge in [0.25, 0.3) is 0 Å². The molecule has 0 aliphatic carbocycles. The maximum atomic E-state index is 10.8. The van der Waals surface area contributed by atoms with E-state index in [2.05, 4.69) is 0 Å². The molecule has 12 heavy (non-hydrogen) atoms. The van der Waals surface area contributed by atoms with Crippen molar-refractivity contribution in [3.05, 3.63) is 0 Å². The fraction of sp³-hybridized carbons (Fsp3) is 0.857. The second-order valence-electron chi connectivity index (χ2n) is 2.48. The second kappa shape index (κ2) is 5.08. The van der Waals surface area contributed by atoms with Crippen molar-refractivity contribution in [1.29, 1.82) is 0 Å². The molecule has 0 saturated carbocycles. The first kappa shape index (κ1) is 9.44. The molecule has 1 N–H and O–H groups in total. The number of hydrogen-bond donors (Lipinski definition) is 1. The number of nitrogens with zero attached hydrogens (tertiary/aromatic N) is 1. The first-order chi connectivity index (χ1) is 5.83. The Balaban J connectivity index is 2.15. The predicted octanol–water partition coefficient (Wildman–Crippen LogP) is -0.841. The minimum atomic E-state index is -0.389. The number of aliphatic hydroxyl groups excluding tert-OH is 1. The molecule has 0 aromatic carbocycles. The van der Waals surface area contributed by atoms with E-state index in [0.717, 1.165) is 0 Å². The molecule has 1 saturated heterocycles. The Morgan fingerprint density at radius 3 is 2.75 bits per heavy atom. The Morgan fingerprint density at radius 1 is 1.50 bits per heavy atom. The molecule has 1 rings (SSSR count). The van der Waals surface area contributed by atoms with Crippen LogP contribution in [0.25, 0.3) is 0 Å². The van der Waals surface area contributed by atoms with Crippen LogP contribution in [0.1, 0.15) is 6.42 Å². The summed E-state index contributed by atoms with van der Waals surface area (Å²) in [6.07, 6.45) is 0.0529. The summed E-state index contributed by atoms with van der Waals surface area (Å²) in [5, 5.41) is 9.98. The van der Waals surface area contributed by atoms with Crippen molar-refractivity contribution in [2.75, 3.05) is 32.9 Å². The summed E-state index contributed by atoms with van der Waals surface area (Å²) < 4.78 is 5.06. The number of hydrogen-bond acceptors (Lipinski definition) is 5. The van der Waals surface area contributed by atoms with Crippen LogP contribution in [0.3, 0.4) is 0 Å². The summed E-state index contributed by atoms with van der Waals surface area (Å²) >= 11 is 0. The maximum absolute atomic E-state index is 10.8. The Labute approximate surface area is 70.8 Å². The molecular weight excluding hydrogens is 162 g/mol. The van der Waals surface area contributed by atoms with Crippen molar-refractivity contribution in [3.8, 4) is 0 Å². The smallest absolute Gasteiger partial charge is 0.327 e. The third kappa shape index (κ3) is 3.17. The number of carbonyl (C=O) groups excluding carboxylic acids is 1. The van der Waals surface area contributed by atoms with Crippen LogP contribution in [-0.2, 0) is 14.4 Å².